The number of aliphatic hydroxyl groups is 1. The molecule has 2 N–H and O–H groups in total. The van der Waals surface area contributed by atoms with Gasteiger partial charge in [-0.3, -0.25) is 4.98 Å². The van der Waals surface area contributed by atoms with Crippen molar-refractivity contribution < 1.29 is 9.84 Å². The van der Waals surface area contributed by atoms with E-state index in [2.05, 4.69) is 28.2 Å². The van der Waals surface area contributed by atoms with E-state index in [9.17, 15) is 5.11 Å². The minimum Gasteiger partial charge on any atom is -0.358 e. The lowest BCUT2D eigenvalue weighted by atomic mass is 10.0. The molecule has 112 valence electrons. The third-order valence-electron chi connectivity index (χ3n) is 4.48. The van der Waals surface area contributed by atoms with E-state index in [4.69, 9.17) is 4.74 Å². The van der Waals surface area contributed by atoms with Crippen LogP contribution in [0.25, 0.3) is 21.8 Å². The number of hydrogen-bond donors (Lipinski definition) is 2. The zero-order valence-corrected chi connectivity index (χ0v) is 12.2. The maximum atomic E-state index is 10.7. The van der Waals surface area contributed by atoms with Crippen molar-refractivity contribution in [3.63, 3.8) is 0 Å². The van der Waals surface area contributed by atoms with Gasteiger partial charge in [0.15, 0.2) is 0 Å². The summed E-state index contributed by atoms with van der Waals surface area (Å²) >= 11 is 0. The van der Waals surface area contributed by atoms with Gasteiger partial charge in [0.05, 0.1) is 5.52 Å². The maximum absolute atomic E-state index is 10.7. The lowest BCUT2D eigenvalue weighted by molar-refractivity contribution is 0.0293. The Morgan fingerprint density at radius 2 is 1.78 bits per heavy atom. The Morgan fingerprint density at radius 3 is 2.65 bits per heavy atom. The molecule has 4 heteroatoms. The number of fused-ring (bicyclic) bond motifs is 3. The van der Waals surface area contributed by atoms with Gasteiger partial charge in [-0.2, -0.15) is 0 Å². The molecule has 0 bridgehead atoms. The van der Waals surface area contributed by atoms with E-state index in [0.717, 1.165) is 22.0 Å². The number of benzene rings is 2. The van der Waals surface area contributed by atoms with E-state index >= 15 is 0 Å². The highest BCUT2D eigenvalue weighted by atomic mass is 16.7. The van der Waals surface area contributed by atoms with Gasteiger partial charge in [-0.1, -0.05) is 42.5 Å². The van der Waals surface area contributed by atoms with Crippen LogP contribution in [0.5, 0.6) is 0 Å². The first kappa shape index (κ1) is 12.8. The zero-order valence-electron chi connectivity index (χ0n) is 12.2. The first-order valence-corrected chi connectivity index (χ1v) is 7.58. The van der Waals surface area contributed by atoms with Gasteiger partial charge in [0.2, 0.25) is 5.79 Å². The van der Waals surface area contributed by atoms with Crippen LogP contribution in [-0.2, 0) is 10.5 Å². The summed E-state index contributed by atoms with van der Waals surface area (Å²) in [6, 6.07) is 19.7. The Bertz CT molecular complexity index is 1030. The van der Waals surface area contributed by atoms with E-state index in [1.807, 2.05) is 36.4 Å². The van der Waals surface area contributed by atoms with E-state index in [1.54, 1.807) is 12.3 Å². The smallest absolute Gasteiger partial charge is 0.242 e. The molecule has 0 aliphatic carbocycles. The van der Waals surface area contributed by atoms with Gasteiger partial charge in [-0.15, -0.1) is 0 Å². The second-order valence-corrected chi connectivity index (χ2v) is 5.85. The average molecular weight is 302 g/mol. The average Bonchev–Trinajstić information content (AvgIpc) is 3.15. The molecule has 0 amide bonds. The molecule has 1 saturated heterocycles. The Morgan fingerprint density at radius 1 is 0.957 bits per heavy atom. The minimum absolute atomic E-state index is 0.408. The number of hydrogen-bond acceptors (Lipinski definition) is 3. The predicted octanol–water partition coefficient (Wildman–Crippen LogP) is 3.63. The molecular weight excluding hydrogens is 288 g/mol. The van der Waals surface area contributed by atoms with Crippen LogP contribution in [0.15, 0.2) is 66.9 Å². The largest absolute Gasteiger partial charge is 0.358 e. The maximum Gasteiger partial charge on any atom is 0.242 e. The Labute approximate surface area is 132 Å². The second kappa shape index (κ2) is 4.41. The molecule has 0 spiro atoms. The van der Waals surface area contributed by atoms with Gasteiger partial charge < -0.3 is 14.8 Å². The zero-order chi connectivity index (χ0) is 15.4. The van der Waals surface area contributed by atoms with Gasteiger partial charge in [0.1, 0.15) is 11.8 Å². The van der Waals surface area contributed by atoms with Crippen molar-refractivity contribution in [2.24, 2.45) is 0 Å². The predicted molar refractivity (Wildman–Crippen MR) is 87.8 cm³/mol. The molecule has 0 saturated carbocycles. The van der Waals surface area contributed by atoms with Crippen LogP contribution >= 0.6 is 0 Å². The molecule has 3 heterocycles. The lowest BCUT2D eigenvalue weighted by Gasteiger charge is -2.05. The van der Waals surface area contributed by atoms with Gasteiger partial charge in [-0.25, -0.2) is 0 Å². The van der Waals surface area contributed by atoms with E-state index < -0.39 is 11.9 Å². The van der Waals surface area contributed by atoms with Gasteiger partial charge in [0.25, 0.3) is 0 Å². The van der Waals surface area contributed by atoms with Crippen LogP contribution in [0, 0.1) is 0 Å². The molecule has 2 unspecified atom stereocenters. The number of nitrogens with one attached hydrogen (secondary N) is 1. The first-order valence-electron chi connectivity index (χ1n) is 7.58. The van der Waals surface area contributed by atoms with Gasteiger partial charge >= 0.3 is 0 Å². The standard InChI is InChI=1S/C19H14N2O2/c22-19(16-10-3-4-11-20-16)18(23-19)14-8-5-7-13-12-6-1-2-9-15(12)21-17(13)14/h1-11,18,21-22H. The van der Waals surface area contributed by atoms with Crippen LogP contribution in [0.4, 0.5) is 0 Å². The molecule has 2 aromatic carbocycles. The molecule has 1 fully saturated rings. The van der Waals surface area contributed by atoms with Crippen molar-refractivity contribution in [3.05, 3.63) is 78.1 Å². The number of H-pyrrole nitrogens is 1. The topological polar surface area (TPSA) is 61.4 Å². The molecule has 2 aromatic heterocycles. The van der Waals surface area contributed by atoms with E-state index in [-0.39, 0.29) is 0 Å². The van der Waals surface area contributed by atoms with Crippen molar-refractivity contribution in [1.82, 2.24) is 9.97 Å². The lowest BCUT2D eigenvalue weighted by Crippen LogP contribution is -2.10. The Hall–Kier alpha value is -2.69. The molecule has 4 aromatic rings. The van der Waals surface area contributed by atoms with Crippen LogP contribution in [0.2, 0.25) is 0 Å². The summed E-state index contributed by atoms with van der Waals surface area (Å²) in [5.74, 6) is -1.34. The molecule has 0 radical (unpaired) electrons. The molecule has 1 aliphatic rings. The highest BCUT2D eigenvalue weighted by Crippen LogP contribution is 2.55. The molecule has 2 atom stereocenters. The molecular formula is C19H14N2O2. The normalized spacial score (nSPS) is 23.4. The summed E-state index contributed by atoms with van der Waals surface area (Å²) in [6.45, 7) is 0. The number of aromatic amines is 1. The van der Waals surface area contributed by atoms with Crippen molar-refractivity contribution in [2.45, 2.75) is 11.9 Å². The first-order chi connectivity index (χ1) is 11.3. The monoisotopic (exact) mass is 302 g/mol. The van der Waals surface area contributed by atoms with E-state index in [1.165, 1.54) is 5.39 Å². The molecule has 4 nitrogen and oxygen atoms in total. The third kappa shape index (κ3) is 1.76. The highest BCUT2D eigenvalue weighted by Gasteiger charge is 2.59. The van der Waals surface area contributed by atoms with Crippen LogP contribution < -0.4 is 0 Å². The Balaban J connectivity index is 1.68. The van der Waals surface area contributed by atoms with Crippen LogP contribution in [-0.4, -0.2) is 15.1 Å². The molecule has 23 heavy (non-hydrogen) atoms. The number of rotatable bonds is 2. The number of ether oxygens (including phenoxy) is 1. The summed E-state index contributed by atoms with van der Waals surface area (Å²) in [7, 11) is 0. The third-order valence-corrected chi connectivity index (χ3v) is 4.48. The highest BCUT2D eigenvalue weighted by molar-refractivity contribution is 6.08. The van der Waals surface area contributed by atoms with Crippen molar-refractivity contribution >= 4 is 21.8 Å². The summed E-state index contributed by atoms with van der Waals surface area (Å²) < 4.78 is 5.65. The Kier molecular flexibility index (Phi) is 2.46. The van der Waals surface area contributed by atoms with E-state index in [0.29, 0.717) is 5.69 Å². The van der Waals surface area contributed by atoms with Gasteiger partial charge in [-0.05, 0) is 18.2 Å². The summed E-state index contributed by atoms with van der Waals surface area (Å²) in [5.41, 5.74) is 3.58. The van der Waals surface area contributed by atoms with Crippen molar-refractivity contribution in [3.8, 4) is 0 Å². The summed E-state index contributed by atoms with van der Waals surface area (Å²) in [5, 5.41) is 13.1. The van der Waals surface area contributed by atoms with Crippen molar-refractivity contribution in [2.75, 3.05) is 0 Å². The quantitative estimate of drug-likeness (QED) is 0.556. The summed E-state index contributed by atoms with van der Waals surface area (Å²) in [4.78, 5) is 7.67. The fourth-order valence-corrected chi connectivity index (χ4v) is 3.30. The molecule has 1 aliphatic heterocycles. The fraction of sp³-hybridized carbons (Fsp3) is 0.105. The second-order valence-electron chi connectivity index (χ2n) is 5.85. The number of nitrogens with zero attached hydrogens (tertiary/aromatic N) is 1. The minimum atomic E-state index is -1.34. The molecule has 5 rings (SSSR count). The SMILES string of the molecule is OC1(c2ccccn2)OC1c1cccc2c1[nH]c1ccccc12. The van der Waals surface area contributed by atoms with Gasteiger partial charge in [0, 0.05) is 28.0 Å². The fourth-order valence-electron chi connectivity index (χ4n) is 3.30. The summed E-state index contributed by atoms with van der Waals surface area (Å²) in [6.07, 6.45) is 1.25. The van der Waals surface area contributed by atoms with Crippen LogP contribution in [0.3, 0.4) is 0 Å². The number of para-hydroxylation sites is 2. The number of epoxide rings is 1. The van der Waals surface area contributed by atoms with Crippen molar-refractivity contribution in [1.29, 1.82) is 0 Å². The number of aromatic nitrogens is 2. The number of pyridine rings is 1. The van der Waals surface area contributed by atoms with Crippen LogP contribution in [0.1, 0.15) is 17.4 Å².